The Hall–Kier alpha value is -1.77. The lowest BCUT2D eigenvalue weighted by atomic mass is 9.85. The third kappa shape index (κ3) is 1.58. The zero-order chi connectivity index (χ0) is 11.9. The summed E-state index contributed by atoms with van der Waals surface area (Å²) in [5.41, 5.74) is 1.73. The van der Waals surface area contributed by atoms with Crippen LogP contribution in [0, 0.1) is 0 Å². The van der Waals surface area contributed by atoms with E-state index < -0.39 is 5.97 Å². The summed E-state index contributed by atoms with van der Waals surface area (Å²) in [4.78, 5) is 11.2. The summed E-state index contributed by atoms with van der Waals surface area (Å²) in [5.74, 6) is -0.919. The van der Waals surface area contributed by atoms with E-state index in [9.17, 15) is 4.79 Å². The van der Waals surface area contributed by atoms with Crippen LogP contribution in [0.3, 0.4) is 0 Å². The Kier molecular flexibility index (Phi) is 2.26. The van der Waals surface area contributed by atoms with Crippen LogP contribution in [-0.2, 0) is 5.41 Å². The molecule has 0 radical (unpaired) electrons. The average Bonchev–Trinajstić information content (AvgIpc) is 2.59. The normalized spacial score (nSPS) is 11.9. The Labute approximate surface area is 93.7 Å². The molecule has 0 bridgehead atoms. The molecule has 0 saturated heterocycles. The van der Waals surface area contributed by atoms with E-state index in [4.69, 9.17) is 9.52 Å². The highest BCUT2D eigenvalue weighted by atomic mass is 16.4. The van der Waals surface area contributed by atoms with Gasteiger partial charge < -0.3 is 9.52 Å². The summed E-state index contributed by atoms with van der Waals surface area (Å²) < 4.78 is 5.40. The maximum atomic E-state index is 11.2. The monoisotopic (exact) mass is 218 g/mol. The SMILES string of the molecule is CC(C)(C)c1coc2cccc(C(=O)O)c12. The molecule has 0 aliphatic rings. The van der Waals surface area contributed by atoms with Gasteiger partial charge in [0.2, 0.25) is 0 Å². The number of benzene rings is 1. The number of carboxylic acids is 1. The molecule has 84 valence electrons. The van der Waals surface area contributed by atoms with Crippen LogP contribution in [0.5, 0.6) is 0 Å². The number of carbonyl (C=O) groups is 1. The smallest absolute Gasteiger partial charge is 0.336 e. The third-order valence-corrected chi connectivity index (χ3v) is 2.64. The van der Waals surface area contributed by atoms with E-state index in [1.54, 1.807) is 24.5 Å². The molecule has 0 saturated carbocycles. The summed E-state index contributed by atoms with van der Waals surface area (Å²) in [6, 6.07) is 5.09. The van der Waals surface area contributed by atoms with Gasteiger partial charge in [-0.15, -0.1) is 0 Å². The van der Waals surface area contributed by atoms with Crippen LogP contribution in [0.2, 0.25) is 0 Å². The Balaban J connectivity index is 2.83. The first-order valence-electron chi connectivity index (χ1n) is 5.15. The van der Waals surface area contributed by atoms with Gasteiger partial charge in [0.15, 0.2) is 0 Å². The molecule has 3 nitrogen and oxygen atoms in total. The predicted molar refractivity (Wildman–Crippen MR) is 61.9 cm³/mol. The Bertz CT molecular complexity index is 544. The van der Waals surface area contributed by atoms with E-state index in [0.717, 1.165) is 5.56 Å². The van der Waals surface area contributed by atoms with E-state index in [0.29, 0.717) is 16.5 Å². The average molecular weight is 218 g/mol. The fourth-order valence-electron chi connectivity index (χ4n) is 1.82. The summed E-state index contributed by atoms with van der Waals surface area (Å²) in [7, 11) is 0. The second kappa shape index (κ2) is 3.37. The number of hydrogen-bond donors (Lipinski definition) is 1. The Morgan fingerprint density at radius 2 is 2.00 bits per heavy atom. The molecule has 16 heavy (non-hydrogen) atoms. The van der Waals surface area contributed by atoms with E-state index >= 15 is 0 Å². The van der Waals surface area contributed by atoms with Crippen molar-refractivity contribution in [3.8, 4) is 0 Å². The van der Waals surface area contributed by atoms with Crippen LogP contribution in [0.4, 0.5) is 0 Å². The van der Waals surface area contributed by atoms with E-state index in [-0.39, 0.29) is 5.41 Å². The molecule has 1 aromatic carbocycles. The summed E-state index contributed by atoms with van der Waals surface area (Å²) in [6.45, 7) is 6.11. The number of hydrogen-bond acceptors (Lipinski definition) is 2. The molecule has 0 fully saturated rings. The summed E-state index contributed by atoms with van der Waals surface area (Å²) in [6.07, 6.45) is 1.65. The molecule has 2 rings (SSSR count). The molecule has 0 atom stereocenters. The first-order valence-corrected chi connectivity index (χ1v) is 5.15. The van der Waals surface area contributed by atoms with Gasteiger partial charge in [-0.25, -0.2) is 4.79 Å². The molecule has 1 N–H and O–H groups in total. The van der Waals surface area contributed by atoms with Crippen LogP contribution in [0.15, 0.2) is 28.9 Å². The van der Waals surface area contributed by atoms with E-state index in [1.165, 1.54) is 0 Å². The topological polar surface area (TPSA) is 50.4 Å². The predicted octanol–water partition coefficient (Wildman–Crippen LogP) is 3.43. The first-order chi connectivity index (χ1) is 7.41. The zero-order valence-electron chi connectivity index (χ0n) is 9.57. The number of aromatic carboxylic acids is 1. The highest BCUT2D eigenvalue weighted by Gasteiger charge is 2.23. The van der Waals surface area contributed by atoms with Gasteiger partial charge in [-0.3, -0.25) is 0 Å². The standard InChI is InChI=1S/C13H14O3/c1-13(2,3)9-7-16-10-6-4-5-8(11(9)10)12(14)15/h4-7H,1-3H3,(H,14,15). The molecule has 0 aliphatic carbocycles. The van der Waals surface area contributed by atoms with Gasteiger partial charge in [0.1, 0.15) is 5.58 Å². The minimum Gasteiger partial charge on any atom is -0.478 e. The molecule has 0 amide bonds. The van der Waals surface area contributed by atoms with Gasteiger partial charge in [0.25, 0.3) is 0 Å². The van der Waals surface area contributed by atoms with Gasteiger partial charge in [-0.1, -0.05) is 26.8 Å². The number of rotatable bonds is 1. The molecule has 2 aromatic rings. The minimum atomic E-state index is -0.919. The summed E-state index contributed by atoms with van der Waals surface area (Å²) >= 11 is 0. The van der Waals surface area contributed by atoms with Crippen molar-refractivity contribution < 1.29 is 14.3 Å². The highest BCUT2D eigenvalue weighted by molar-refractivity contribution is 6.03. The van der Waals surface area contributed by atoms with Gasteiger partial charge in [-0.2, -0.15) is 0 Å². The molecule has 0 spiro atoms. The Morgan fingerprint density at radius 3 is 2.56 bits per heavy atom. The molecule has 1 heterocycles. The zero-order valence-corrected chi connectivity index (χ0v) is 9.57. The summed E-state index contributed by atoms with van der Waals surface area (Å²) in [5, 5.41) is 9.86. The van der Waals surface area contributed by atoms with Crippen molar-refractivity contribution in [1.82, 2.24) is 0 Å². The number of furan rings is 1. The van der Waals surface area contributed by atoms with Gasteiger partial charge >= 0.3 is 5.97 Å². The van der Waals surface area contributed by atoms with Crippen LogP contribution in [0.25, 0.3) is 11.0 Å². The lowest BCUT2D eigenvalue weighted by molar-refractivity contribution is 0.0699. The van der Waals surface area contributed by atoms with Gasteiger partial charge in [-0.05, 0) is 17.5 Å². The number of fused-ring (bicyclic) bond motifs is 1. The molecule has 0 unspecified atom stereocenters. The molecule has 0 aliphatic heterocycles. The molecule has 1 aromatic heterocycles. The number of carboxylic acid groups (broad SMARTS) is 1. The molecular weight excluding hydrogens is 204 g/mol. The van der Waals surface area contributed by atoms with Crippen molar-refractivity contribution in [3.05, 3.63) is 35.6 Å². The minimum absolute atomic E-state index is 0.128. The van der Waals surface area contributed by atoms with E-state index in [2.05, 4.69) is 0 Å². The van der Waals surface area contributed by atoms with Crippen LogP contribution >= 0.6 is 0 Å². The van der Waals surface area contributed by atoms with Crippen molar-refractivity contribution in [2.75, 3.05) is 0 Å². The van der Waals surface area contributed by atoms with Crippen LogP contribution < -0.4 is 0 Å². The fourth-order valence-corrected chi connectivity index (χ4v) is 1.82. The van der Waals surface area contributed by atoms with Crippen LogP contribution in [-0.4, -0.2) is 11.1 Å². The molecule has 3 heteroatoms. The second-order valence-corrected chi connectivity index (χ2v) is 4.88. The van der Waals surface area contributed by atoms with E-state index in [1.807, 2.05) is 20.8 Å². The van der Waals surface area contributed by atoms with Crippen molar-refractivity contribution in [3.63, 3.8) is 0 Å². The van der Waals surface area contributed by atoms with Gasteiger partial charge in [0, 0.05) is 10.9 Å². The largest absolute Gasteiger partial charge is 0.478 e. The van der Waals surface area contributed by atoms with Crippen molar-refractivity contribution in [2.45, 2.75) is 26.2 Å². The van der Waals surface area contributed by atoms with Crippen molar-refractivity contribution >= 4 is 16.9 Å². The quantitative estimate of drug-likeness (QED) is 0.797. The van der Waals surface area contributed by atoms with Crippen molar-refractivity contribution in [1.29, 1.82) is 0 Å². The first kappa shape index (κ1) is 10.7. The maximum Gasteiger partial charge on any atom is 0.336 e. The molecular formula is C13H14O3. The third-order valence-electron chi connectivity index (χ3n) is 2.64. The Morgan fingerprint density at radius 1 is 1.31 bits per heavy atom. The maximum absolute atomic E-state index is 11.2. The lowest BCUT2D eigenvalue weighted by Gasteiger charge is -2.17. The second-order valence-electron chi connectivity index (χ2n) is 4.88. The fraction of sp³-hybridized carbons (Fsp3) is 0.308. The van der Waals surface area contributed by atoms with Crippen molar-refractivity contribution in [2.24, 2.45) is 0 Å². The van der Waals surface area contributed by atoms with Gasteiger partial charge in [0.05, 0.1) is 11.8 Å². The van der Waals surface area contributed by atoms with Crippen LogP contribution in [0.1, 0.15) is 36.7 Å². The highest BCUT2D eigenvalue weighted by Crippen LogP contribution is 2.33. The lowest BCUT2D eigenvalue weighted by Crippen LogP contribution is -2.11.